The maximum absolute atomic E-state index is 12.3. The van der Waals surface area contributed by atoms with E-state index in [1.807, 2.05) is 19.1 Å². The molecule has 124 valence electrons. The summed E-state index contributed by atoms with van der Waals surface area (Å²) in [6.45, 7) is 4.85. The molecule has 24 heavy (non-hydrogen) atoms. The van der Waals surface area contributed by atoms with Crippen molar-refractivity contribution < 1.29 is 19.1 Å². The summed E-state index contributed by atoms with van der Waals surface area (Å²) in [6.07, 6.45) is -0.898. The quantitative estimate of drug-likeness (QED) is 0.675. The van der Waals surface area contributed by atoms with Gasteiger partial charge in [0, 0.05) is 18.2 Å². The first kappa shape index (κ1) is 17.4. The number of hydrogen-bond acceptors (Lipinski definition) is 4. The maximum Gasteiger partial charge on any atom is 0.338 e. The predicted octanol–water partition coefficient (Wildman–Crippen LogP) is 3.38. The molecule has 2 aromatic rings. The molecule has 0 aliphatic rings. The van der Waals surface area contributed by atoms with E-state index < -0.39 is 12.1 Å². The summed E-state index contributed by atoms with van der Waals surface area (Å²) in [5.41, 5.74) is 2.30. The largest absolute Gasteiger partial charge is 0.451 e. The Morgan fingerprint density at radius 1 is 1.00 bits per heavy atom. The van der Waals surface area contributed by atoms with Gasteiger partial charge in [-0.1, -0.05) is 35.9 Å². The monoisotopic (exact) mass is 325 g/mol. The summed E-state index contributed by atoms with van der Waals surface area (Å²) in [5, 5.41) is 2.59. The smallest absolute Gasteiger partial charge is 0.338 e. The minimum atomic E-state index is -0.898. The van der Waals surface area contributed by atoms with Crippen molar-refractivity contribution in [2.24, 2.45) is 0 Å². The van der Waals surface area contributed by atoms with Crippen LogP contribution in [0.25, 0.3) is 0 Å². The third-order valence-electron chi connectivity index (χ3n) is 3.41. The Kier molecular flexibility index (Phi) is 5.47. The topological polar surface area (TPSA) is 72.5 Å². The number of anilines is 1. The molecule has 5 heteroatoms. The van der Waals surface area contributed by atoms with E-state index in [0.29, 0.717) is 11.3 Å². The third-order valence-corrected chi connectivity index (χ3v) is 3.41. The average Bonchev–Trinajstić information content (AvgIpc) is 2.54. The van der Waals surface area contributed by atoms with Crippen molar-refractivity contribution in [3.05, 3.63) is 65.2 Å². The lowest BCUT2D eigenvalue weighted by Gasteiger charge is -2.13. The number of amides is 1. The van der Waals surface area contributed by atoms with E-state index in [1.165, 1.54) is 19.9 Å². The van der Waals surface area contributed by atoms with Crippen LogP contribution in [0.4, 0.5) is 5.69 Å². The summed E-state index contributed by atoms with van der Waals surface area (Å²) in [5.74, 6) is -1.11. The highest BCUT2D eigenvalue weighted by Crippen LogP contribution is 2.14. The number of carbonyl (C=O) groups is 3. The number of Topliss-reactive ketones (excluding diaryl/α,β-unsaturated/α-hetero) is 1. The van der Waals surface area contributed by atoms with Crippen molar-refractivity contribution in [1.29, 1.82) is 0 Å². The van der Waals surface area contributed by atoms with Crippen molar-refractivity contribution in [2.45, 2.75) is 26.9 Å². The fourth-order valence-electron chi connectivity index (χ4n) is 2.16. The van der Waals surface area contributed by atoms with Gasteiger partial charge in [-0.25, -0.2) is 4.79 Å². The van der Waals surface area contributed by atoms with E-state index in [2.05, 4.69) is 5.32 Å². The Labute approximate surface area is 140 Å². The lowest BCUT2D eigenvalue weighted by atomic mass is 10.1. The van der Waals surface area contributed by atoms with E-state index in [4.69, 9.17) is 4.74 Å². The van der Waals surface area contributed by atoms with Gasteiger partial charge in [0.15, 0.2) is 6.10 Å². The molecule has 1 N–H and O–H groups in total. The van der Waals surface area contributed by atoms with Gasteiger partial charge in [0.1, 0.15) is 0 Å². The zero-order chi connectivity index (χ0) is 17.7. The molecule has 1 amide bonds. The summed E-state index contributed by atoms with van der Waals surface area (Å²) >= 11 is 0. The Hall–Kier alpha value is -2.95. The highest BCUT2D eigenvalue weighted by Gasteiger charge is 2.20. The molecule has 0 aromatic heterocycles. The highest BCUT2D eigenvalue weighted by molar-refractivity contribution is 6.01. The molecule has 2 rings (SSSR count). The zero-order valence-corrected chi connectivity index (χ0v) is 13.8. The average molecular weight is 325 g/mol. The van der Waals surface area contributed by atoms with Crippen LogP contribution < -0.4 is 5.32 Å². The van der Waals surface area contributed by atoms with Crippen LogP contribution in [0.3, 0.4) is 0 Å². The fourth-order valence-corrected chi connectivity index (χ4v) is 2.16. The molecule has 0 unspecified atom stereocenters. The molecule has 0 aliphatic carbocycles. The lowest BCUT2D eigenvalue weighted by molar-refractivity contribution is -0.114. The third kappa shape index (κ3) is 4.52. The minimum absolute atomic E-state index is 0.233. The molecule has 5 nitrogen and oxygen atoms in total. The van der Waals surface area contributed by atoms with Crippen molar-refractivity contribution in [1.82, 2.24) is 0 Å². The van der Waals surface area contributed by atoms with Crippen LogP contribution in [0.15, 0.2) is 48.5 Å². The number of benzene rings is 2. The number of ketones is 1. The normalized spacial score (nSPS) is 11.5. The summed E-state index contributed by atoms with van der Waals surface area (Å²) in [6, 6.07) is 13.5. The van der Waals surface area contributed by atoms with E-state index in [-0.39, 0.29) is 17.3 Å². The number of hydrogen-bond donors (Lipinski definition) is 1. The Balaban J connectivity index is 2.07. The molecule has 0 spiro atoms. The van der Waals surface area contributed by atoms with Crippen molar-refractivity contribution >= 4 is 23.3 Å². The van der Waals surface area contributed by atoms with Crippen LogP contribution in [0.1, 0.15) is 40.1 Å². The van der Waals surface area contributed by atoms with E-state index in [9.17, 15) is 14.4 Å². The zero-order valence-electron chi connectivity index (χ0n) is 13.8. The molecule has 0 fully saturated rings. The van der Waals surface area contributed by atoms with Crippen LogP contribution in [-0.4, -0.2) is 23.8 Å². The summed E-state index contributed by atoms with van der Waals surface area (Å²) in [4.78, 5) is 35.6. The van der Waals surface area contributed by atoms with Gasteiger partial charge in [0.2, 0.25) is 11.7 Å². The van der Waals surface area contributed by atoms with Crippen LogP contribution in [0.2, 0.25) is 0 Å². The molecule has 0 bridgehead atoms. The predicted molar refractivity (Wildman–Crippen MR) is 91.1 cm³/mol. The molecule has 0 saturated heterocycles. The number of carbonyl (C=O) groups excluding carboxylic acids is 3. The molecule has 2 aromatic carbocycles. The van der Waals surface area contributed by atoms with E-state index in [0.717, 1.165) is 5.56 Å². The van der Waals surface area contributed by atoms with Gasteiger partial charge in [-0.05, 0) is 32.0 Å². The van der Waals surface area contributed by atoms with Crippen molar-refractivity contribution in [2.75, 3.05) is 5.32 Å². The standard InChI is InChI=1S/C19H19NO4/c1-12-7-9-15(10-8-12)18(22)13(2)24-19(23)16-5-4-6-17(11-16)20-14(3)21/h4-11,13H,1-3H3,(H,20,21)/t13-/m1/s1. The van der Waals surface area contributed by atoms with Crippen LogP contribution in [-0.2, 0) is 9.53 Å². The molecule has 0 aliphatic heterocycles. The number of esters is 1. The summed E-state index contributed by atoms with van der Waals surface area (Å²) < 4.78 is 5.24. The van der Waals surface area contributed by atoms with Gasteiger partial charge in [-0.3, -0.25) is 9.59 Å². The molecule has 0 radical (unpaired) electrons. The van der Waals surface area contributed by atoms with Crippen LogP contribution in [0, 0.1) is 6.92 Å². The van der Waals surface area contributed by atoms with Gasteiger partial charge < -0.3 is 10.1 Å². The molecule has 1 atom stereocenters. The number of rotatable bonds is 5. The first-order valence-electron chi connectivity index (χ1n) is 7.56. The number of aryl methyl sites for hydroxylation is 1. The SMILES string of the molecule is CC(=O)Nc1cccc(C(=O)O[C@H](C)C(=O)c2ccc(C)cc2)c1. The van der Waals surface area contributed by atoms with Gasteiger partial charge in [0.25, 0.3) is 0 Å². The lowest BCUT2D eigenvalue weighted by Crippen LogP contribution is -2.24. The Morgan fingerprint density at radius 2 is 1.67 bits per heavy atom. The molecular formula is C19H19NO4. The van der Waals surface area contributed by atoms with Crippen molar-refractivity contribution in [3.63, 3.8) is 0 Å². The first-order chi connectivity index (χ1) is 11.4. The number of nitrogens with one attached hydrogen (secondary N) is 1. The van der Waals surface area contributed by atoms with Gasteiger partial charge >= 0.3 is 5.97 Å². The molecular weight excluding hydrogens is 306 g/mol. The van der Waals surface area contributed by atoms with Gasteiger partial charge in [-0.15, -0.1) is 0 Å². The van der Waals surface area contributed by atoms with E-state index in [1.54, 1.807) is 30.3 Å². The fraction of sp³-hybridized carbons (Fsp3) is 0.211. The van der Waals surface area contributed by atoms with Gasteiger partial charge in [-0.2, -0.15) is 0 Å². The van der Waals surface area contributed by atoms with Gasteiger partial charge in [0.05, 0.1) is 5.56 Å². The Morgan fingerprint density at radius 3 is 2.29 bits per heavy atom. The first-order valence-corrected chi connectivity index (χ1v) is 7.56. The second-order valence-electron chi connectivity index (χ2n) is 5.54. The second-order valence-corrected chi connectivity index (χ2v) is 5.54. The summed E-state index contributed by atoms with van der Waals surface area (Å²) in [7, 11) is 0. The number of ether oxygens (including phenoxy) is 1. The Bertz CT molecular complexity index is 765. The van der Waals surface area contributed by atoms with Crippen molar-refractivity contribution in [3.8, 4) is 0 Å². The maximum atomic E-state index is 12.3. The van der Waals surface area contributed by atoms with Crippen LogP contribution in [0.5, 0.6) is 0 Å². The van der Waals surface area contributed by atoms with E-state index >= 15 is 0 Å². The molecule has 0 heterocycles. The highest BCUT2D eigenvalue weighted by atomic mass is 16.5. The minimum Gasteiger partial charge on any atom is -0.451 e. The second kappa shape index (κ2) is 7.55. The van der Waals surface area contributed by atoms with Crippen LogP contribution >= 0.6 is 0 Å². The molecule has 0 saturated carbocycles.